The highest BCUT2D eigenvalue weighted by molar-refractivity contribution is 6.02. The molecular formula is C32H37N3O4. The van der Waals surface area contributed by atoms with Gasteiger partial charge in [-0.2, -0.15) is 0 Å². The van der Waals surface area contributed by atoms with Gasteiger partial charge in [0, 0.05) is 37.6 Å². The number of carbonyl (C=O) groups excluding carboxylic acids is 2. The molecule has 3 aromatic carbocycles. The minimum absolute atomic E-state index is 0.0594. The van der Waals surface area contributed by atoms with Crippen LogP contribution in [0.15, 0.2) is 78.9 Å². The molecule has 5 rings (SSSR count). The molecule has 0 spiro atoms. The third-order valence-electron chi connectivity index (χ3n) is 7.47. The molecule has 2 fully saturated rings. The molecular weight excluding hydrogens is 490 g/mol. The molecule has 0 bridgehead atoms. The van der Waals surface area contributed by atoms with Crippen LogP contribution in [0.25, 0.3) is 0 Å². The van der Waals surface area contributed by atoms with Crippen LogP contribution in [-0.2, 0) is 16.0 Å². The van der Waals surface area contributed by atoms with Crippen molar-refractivity contribution in [2.45, 2.75) is 38.2 Å². The Morgan fingerprint density at radius 3 is 2.38 bits per heavy atom. The average molecular weight is 528 g/mol. The van der Waals surface area contributed by atoms with Crippen molar-refractivity contribution >= 4 is 23.2 Å². The Labute approximate surface area is 230 Å². The Morgan fingerprint density at radius 1 is 0.923 bits per heavy atom. The van der Waals surface area contributed by atoms with E-state index in [1.54, 1.807) is 6.07 Å². The number of para-hydroxylation sites is 1. The largest absolute Gasteiger partial charge is 0.484 e. The topological polar surface area (TPSA) is 79.9 Å². The lowest BCUT2D eigenvalue weighted by atomic mass is 9.89. The number of benzene rings is 3. The van der Waals surface area contributed by atoms with Crippen molar-refractivity contribution in [3.05, 3.63) is 90.0 Å². The van der Waals surface area contributed by atoms with Gasteiger partial charge in [-0.3, -0.25) is 9.59 Å². The number of nitrogens with one attached hydrogen (secondary N) is 2. The molecule has 0 saturated carbocycles. The van der Waals surface area contributed by atoms with E-state index in [0.717, 1.165) is 57.5 Å². The van der Waals surface area contributed by atoms with Crippen LogP contribution in [0.3, 0.4) is 0 Å². The minimum Gasteiger partial charge on any atom is -0.484 e. The zero-order chi connectivity index (χ0) is 26.9. The van der Waals surface area contributed by atoms with Crippen LogP contribution in [0.1, 0.15) is 41.6 Å². The molecule has 2 aliphatic rings. The van der Waals surface area contributed by atoms with Crippen molar-refractivity contribution < 1.29 is 19.1 Å². The minimum atomic E-state index is -0.279. The van der Waals surface area contributed by atoms with Crippen LogP contribution in [0.2, 0.25) is 0 Å². The van der Waals surface area contributed by atoms with E-state index in [9.17, 15) is 9.59 Å². The first-order valence-electron chi connectivity index (χ1n) is 13.9. The van der Waals surface area contributed by atoms with Crippen molar-refractivity contribution in [2.75, 3.05) is 43.1 Å². The third kappa shape index (κ3) is 7.60. The summed E-state index contributed by atoms with van der Waals surface area (Å²) in [6, 6.07) is 25.5. The van der Waals surface area contributed by atoms with Crippen LogP contribution in [0.5, 0.6) is 5.75 Å². The van der Waals surface area contributed by atoms with Crippen molar-refractivity contribution in [3.63, 3.8) is 0 Å². The molecule has 0 aliphatic carbocycles. The molecule has 204 valence electrons. The average Bonchev–Trinajstić information content (AvgIpc) is 3.50. The van der Waals surface area contributed by atoms with E-state index in [2.05, 4.69) is 45.9 Å². The Bertz CT molecular complexity index is 1220. The van der Waals surface area contributed by atoms with Gasteiger partial charge in [-0.25, -0.2) is 0 Å². The number of anilines is 2. The maximum atomic E-state index is 13.4. The number of amides is 2. The molecule has 7 heteroatoms. The van der Waals surface area contributed by atoms with E-state index in [-0.39, 0.29) is 24.5 Å². The Hall–Kier alpha value is -3.84. The lowest BCUT2D eigenvalue weighted by Crippen LogP contribution is -2.37. The zero-order valence-electron chi connectivity index (χ0n) is 22.3. The van der Waals surface area contributed by atoms with Crippen LogP contribution in [-0.4, -0.2) is 50.8 Å². The molecule has 2 amide bonds. The van der Waals surface area contributed by atoms with Gasteiger partial charge in [0.15, 0.2) is 6.61 Å². The highest BCUT2D eigenvalue weighted by Crippen LogP contribution is 2.30. The Morgan fingerprint density at radius 2 is 1.67 bits per heavy atom. The molecule has 2 heterocycles. The maximum absolute atomic E-state index is 13.4. The fraction of sp³-hybridized carbons (Fsp3) is 0.375. The Balaban J connectivity index is 1.25. The van der Waals surface area contributed by atoms with Crippen molar-refractivity contribution in [1.29, 1.82) is 0 Å². The van der Waals surface area contributed by atoms with Crippen LogP contribution in [0, 0.1) is 5.92 Å². The number of ether oxygens (including phenoxy) is 2. The number of piperidine rings is 1. The molecule has 2 saturated heterocycles. The fourth-order valence-electron chi connectivity index (χ4n) is 5.37. The van der Waals surface area contributed by atoms with E-state index >= 15 is 0 Å². The molecule has 3 aromatic rings. The smallest absolute Gasteiger partial charge is 0.262 e. The summed E-state index contributed by atoms with van der Waals surface area (Å²) in [6.07, 6.45) is 5.27. The first-order chi connectivity index (χ1) is 19.1. The summed E-state index contributed by atoms with van der Waals surface area (Å²) in [4.78, 5) is 28.3. The predicted molar refractivity (Wildman–Crippen MR) is 153 cm³/mol. The number of carbonyl (C=O) groups is 2. The van der Waals surface area contributed by atoms with Gasteiger partial charge in [0.1, 0.15) is 5.75 Å². The first kappa shape index (κ1) is 26.8. The van der Waals surface area contributed by atoms with Gasteiger partial charge in [-0.05, 0) is 73.9 Å². The zero-order valence-corrected chi connectivity index (χ0v) is 22.3. The number of hydrogen-bond donors (Lipinski definition) is 2. The summed E-state index contributed by atoms with van der Waals surface area (Å²) in [6.45, 7) is 2.90. The normalized spacial score (nSPS) is 17.5. The second-order valence-corrected chi connectivity index (χ2v) is 10.3. The summed E-state index contributed by atoms with van der Waals surface area (Å²) in [5, 5.41) is 5.94. The van der Waals surface area contributed by atoms with Gasteiger partial charge < -0.3 is 25.0 Å². The maximum Gasteiger partial charge on any atom is 0.262 e. The molecule has 2 aliphatic heterocycles. The quantitative estimate of drug-likeness (QED) is 0.385. The lowest BCUT2D eigenvalue weighted by molar-refractivity contribution is -0.118. The number of nitrogens with zero attached hydrogens (tertiary/aromatic N) is 1. The fourth-order valence-corrected chi connectivity index (χ4v) is 5.37. The number of rotatable bonds is 10. The van der Waals surface area contributed by atoms with Crippen molar-refractivity contribution in [3.8, 4) is 5.75 Å². The van der Waals surface area contributed by atoms with Crippen LogP contribution in [0.4, 0.5) is 11.4 Å². The first-order valence-corrected chi connectivity index (χ1v) is 13.9. The molecule has 1 unspecified atom stereocenters. The summed E-state index contributed by atoms with van der Waals surface area (Å²) in [7, 11) is 0. The predicted octanol–water partition coefficient (Wildman–Crippen LogP) is 5.07. The van der Waals surface area contributed by atoms with E-state index in [1.807, 2.05) is 42.5 Å². The van der Waals surface area contributed by atoms with E-state index in [1.165, 1.54) is 5.56 Å². The second kappa shape index (κ2) is 13.3. The summed E-state index contributed by atoms with van der Waals surface area (Å²) in [5.41, 5.74) is 3.41. The van der Waals surface area contributed by atoms with Gasteiger partial charge in [0.05, 0.1) is 11.7 Å². The van der Waals surface area contributed by atoms with Gasteiger partial charge >= 0.3 is 0 Å². The van der Waals surface area contributed by atoms with Crippen molar-refractivity contribution in [2.24, 2.45) is 5.92 Å². The molecule has 39 heavy (non-hydrogen) atoms. The highest BCUT2D eigenvalue weighted by Gasteiger charge is 2.25. The van der Waals surface area contributed by atoms with Gasteiger partial charge in [-0.15, -0.1) is 0 Å². The third-order valence-corrected chi connectivity index (χ3v) is 7.47. The standard InChI is InChI=1S/C32H37N3O4/c36-31(23-39-27-10-5-2-6-11-27)34-26-13-14-30(29(21-26)32(37)33-22-28-12-7-19-38-28)35-17-15-25(16-18-35)20-24-8-3-1-4-9-24/h1-6,8-11,13-14,21,25,28H,7,12,15-20,22-23H2,(H,33,37)(H,34,36). The van der Waals surface area contributed by atoms with E-state index in [4.69, 9.17) is 9.47 Å². The molecule has 1 atom stereocenters. The van der Waals surface area contributed by atoms with Crippen LogP contribution >= 0.6 is 0 Å². The molecule has 2 N–H and O–H groups in total. The van der Waals surface area contributed by atoms with Gasteiger partial charge in [0.25, 0.3) is 11.8 Å². The SMILES string of the molecule is O=C(COc1ccccc1)Nc1ccc(N2CCC(Cc3ccccc3)CC2)c(C(=O)NCC2CCCO2)c1. The highest BCUT2D eigenvalue weighted by atomic mass is 16.5. The summed E-state index contributed by atoms with van der Waals surface area (Å²) < 4.78 is 11.3. The van der Waals surface area contributed by atoms with E-state index < -0.39 is 0 Å². The van der Waals surface area contributed by atoms with Crippen LogP contribution < -0.4 is 20.3 Å². The lowest BCUT2D eigenvalue weighted by Gasteiger charge is -2.35. The molecule has 0 radical (unpaired) electrons. The van der Waals surface area contributed by atoms with Gasteiger partial charge in [0.2, 0.25) is 0 Å². The van der Waals surface area contributed by atoms with Crippen molar-refractivity contribution in [1.82, 2.24) is 5.32 Å². The monoisotopic (exact) mass is 527 g/mol. The second-order valence-electron chi connectivity index (χ2n) is 10.3. The Kier molecular flexibility index (Phi) is 9.12. The number of hydrogen-bond acceptors (Lipinski definition) is 5. The summed E-state index contributed by atoms with van der Waals surface area (Å²) in [5.74, 6) is 0.832. The summed E-state index contributed by atoms with van der Waals surface area (Å²) >= 11 is 0. The van der Waals surface area contributed by atoms with Gasteiger partial charge in [-0.1, -0.05) is 48.5 Å². The molecule has 0 aromatic heterocycles. The molecule has 7 nitrogen and oxygen atoms in total. The van der Waals surface area contributed by atoms with E-state index in [0.29, 0.717) is 29.5 Å².